The molecule has 1 aliphatic rings. The first-order valence-corrected chi connectivity index (χ1v) is 5.58. The summed E-state index contributed by atoms with van der Waals surface area (Å²) in [4.78, 5) is 13.2. The molecule has 1 aliphatic heterocycles. The molecule has 0 aromatic heterocycles. The van der Waals surface area contributed by atoms with Crippen LogP contribution in [-0.4, -0.2) is 11.6 Å². The summed E-state index contributed by atoms with van der Waals surface area (Å²) in [5.74, 6) is -0.251. The van der Waals surface area contributed by atoms with Gasteiger partial charge in [-0.2, -0.15) is 0 Å². The van der Waals surface area contributed by atoms with Crippen LogP contribution < -0.4 is 0 Å². The zero-order valence-corrected chi connectivity index (χ0v) is 9.51. The van der Waals surface area contributed by atoms with E-state index in [1.54, 1.807) is 17.8 Å². The zero-order chi connectivity index (χ0) is 10.9. The van der Waals surface area contributed by atoms with Gasteiger partial charge in [0.25, 0.3) is 0 Å². The molecule has 1 aromatic carbocycles. The summed E-state index contributed by atoms with van der Waals surface area (Å²) in [6.07, 6.45) is 1.57. The van der Waals surface area contributed by atoms with Crippen molar-refractivity contribution < 1.29 is 9.53 Å². The Morgan fingerprint density at radius 1 is 1.20 bits per heavy atom. The largest absolute Gasteiger partial charge is 0.451 e. The van der Waals surface area contributed by atoms with Gasteiger partial charge in [0.15, 0.2) is 0 Å². The summed E-state index contributed by atoms with van der Waals surface area (Å²) in [5.41, 5.74) is -0.489. The van der Waals surface area contributed by atoms with E-state index in [1.165, 1.54) is 0 Å². The van der Waals surface area contributed by atoms with Crippen molar-refractivity contribution >= 4 is 17.7 Å². The van der Waals surface area contributed by atoms with Gasteiger partial charge in [-0.3, -0.25) is 0 Å². The minimum Gasteiger partial charge on any atom is -0.451 e. The average molecular weight is 220 g/mol. The third-order valence-corrected chi connectivity index (χ3v) is 3.51. The molecule has 0 fully saturated rings. The van der Waals surface area contributed by atoms with Crippen molar-refractivity contribution in [2.24, 2.45) is 0 Å². The lowest BCUT2D eigenvalue weighted by Gasteiger charge is -2.20. The Hall–Kier alpha value is -1.22. The van der Waals surface area contributed by atoms with Crippen LogP contribution in [0, 0.1) is 0 Å². The zero-order valence-electron chi connectivity index (χ0n) is 8.69. The first kappa shape index (κ1) is 10.3. The van der Waals surface area contributed by atoms with Crippen LogP contribution in [0.3, 0.4) is 0 Å². The van der Waals surface area contributed by atoms with Gasteiger partial charge in [-0.05, 0) is 26.0 Å². The highest BCUT2D eigenvalue weighted by Gasteiger charge is 2.34. The lowest BCUT2D eigenvalue weighted by Crippen LogP contribution is -2.21. The van der Waals surface area contributed by atoms with E-state index in [2.05, 4.69) is 0 Å². The lowest BCUT2D eigenvalue weighted by molar-refractivity contribution is -0.143. The fraction of sp³-hybridized carbons (Fsp3) is 0.250. The van der Waals surface area contributed by atoms with Crippen LogP contribution in [0.25, 0.3) is 0 Å². The summed E-state index contributed by atoms with van der Waals surface area (Å²) >= 11 is 1.58. The molecule has 15 heavy (non-hydrogen) atoms. The van der Waals surface area contributed by atoms with Crippen LogP contribution in [-0.2, 0) is 9.53 Å². The first-order valence-electron chi connectivity index (χ1n) is 4.76. The number of ether oxygens (including phenoxy) is 1. The van der Waals surface area contributed by atoms with Gasteiger partial charge in [0, 0.05) is 15.9 Å². The summed E-state index contributed by atoms with van der Waals surface area (Å²) in [7, 11) is 0. The molecule has 2 nitrogen and oxygen atoms in total. The van der Waals surface area contributed by atoms with Gasteiger partial charge in [-0.25, -0.2) is 4.79 Å². The first-order chi connectivity index (χ1) is 7.08. The molecule has 0 unspecified atom stereocenters. The third-order valence-electron chi connectivity index (χ3n) is 2.17. The highest BCUT2D eigenvalue weighted by Crippen LogP contribution is 2.39. The molecule has 78 valence electrons. The van der Waals surface area contributed by atoms with Crippen LogP contribution in [0.1, 0.15) is 13.8 Å². The van der Waals surface area contributed by atoms with Gasteiger partial charge >= 0.3 is 5.97 Å². The van der Waals surface area contributed by atoms with Gasteiger partial charge in [-0.15, -0.1) is 0 Å². The second kappa shape index (κ2) is 3.74. The molecule has 1 heterocycles. The smallest absolute Gasteiger partial charge is 0.332 e. The Labute approximate surface area is 93.3 Å². The van der Waals surface area contributed by atoms with Crippen LogP contribution in [0.2, 0.25) is 0 Å². The molecular weight excluding hydrogens is 208 g/mol. The number of esters is 1. The molecule has 0 amide bonds. The molecule has 0 saturated heterocycles. The maximum Gasteiger partial charge on any atom is 0.332 e. The fourth-order valence-corrected chi connectivity index (χ4v) is 2.37. The normalized spacial score (nSPS) is 18.5. The number of rotatable bonds is 2. The highest BCUT2D eigenvalue weighted by molar-refractivity contribution is 8.03. The van der Waals surface area contributed by atoms with Crippen molar-refractivity contribution in [2.45, 2.75) is 24.3 Å². The number of hydrogen-bond donors (Lipinski definition) is 0. The monoisotopic (exact) mass is 220 g/mol. The van der Waals surface area contributed by atoms with Crippen molar-refractivity contribution in [3.05, 3.63) is 41.3 Å². The number of thioether (sulfide) groups is 1. The van der Waals surface area contributed by atoms with E-state index >= 15 is 0 Å². The van der Waals surface area contributed by atoms with Gasteiger partial charge in [-0.1, -0.05) is 30.0 Å². The van der Waals surface area contributed by atoms with Crippen molar-refractivity contribution in [2.75, 3.05) is 0 Å². The van der Waals surface area contributed by atoms with E-state index in [-0.39, 0.29) is 5.97 Å². The molecule has 2 rings (SSSR count). The molecule has 0 spiro atoms. The van der Waals surface area contributed by atoms with E-state index in [0.29, 0.717) is 0 Å². The van der Waals surface area contributed by atoms with Gasteiger partial charge < -0.3 is 4.74 Å². The van der Waals surface area contributed by atoms with Gasteiger partial charge in [0.2, 0.25) is 0 Å². The molecule has 3 heteroatoms. The van der Waals surface area contributed by atoms with E-state index in [9.17, 15) is 4.79 Å². The Balaban J connectivity index is 2.20. The predicted octanol–water partition coefficient (Wildman–Crippen LogP) is 3.00. The van der Waals surface area contributed by atoms with E-state index < -0.39 is 5.60 Å². The van der Waals surface area contributed by atoms with Crippen molar-refractivity contribution in [1.29, 1.82) is 0 Å². The maximum absolute atomic E-state index is 11.1. The number of cyclic esters (lactones) is 1. The predicted molar refractivity (Wildman–Crippen MR) is 60.6 cm³/mol. The third kappa shape index (κ3) is 2.23. The molecule has 0 saturated carbocycles. The number of carbonyl (C=O) groups is 1. The highest BCUT2D eigenvalue weighted by atomic mass is 32.2. The summed E-state index contributed by atoms with van der Waals surface area (Å²) in [5, 5.41) is 0. The summed E-state index contributed by atoms with van der Waals surface area (Å²) < 4.78 is 5.18. The minimum absolute atomic E-state index is 0.251. The molecule has 0 atom stereocenters. The second-order valence-electron chi connectivity index (χ2n) is 3.86. The summed E-state index contributed by atoms with van der Waals surface area (Å²) in [6.45, 7) is 3.80. The van der Waals surface area contributed by atoms with E-state index in [1.807, 2.05) is 44.2 Å². The Morgan fingerprint density at radius 2 is 1.87 bits per heavy atom. The topological polar surface area (TPSA) is 26.3 Å². The summed E-state index contributed by atoms with van der Waals surface area (Å²) in [6, 6.07) is 9.97. The standard InChI is InChI=1S/C12H12O2S/c1-12(2)10(8-11(13)14-12)15-9-6-4-3-5-7-9/h3-8H,1-2H3. The number of hydrogen-bond acceptors (Lipinski definition) is 3. The Morgan fingerprint density at radius 3 is 2.40 bits per heavy atom. The fourth-order valence-electron chi connectivity index (χ4n) is 1.38. The number of carbonyl (C=O) groups excluding carboxylic acids is 1. The molecule has 0 radical (unpaired) electrons. The second-order valence-corrected chi connectivity index (χ2v) is 4.97. The van der Waals surface area contributed by atoms with Crippen molar-refractivity contribution in [3.63, 3.8) is 0 Å². The Kier molecular flexibility index (Phi) is 2.57. The van der Waals surface area contributed by atoms with Crippen LogP contribution in [0.15, 0.2) is 46.2 Å². The van der Waals surface area contributed by atoms with Crippen molar-refractivity contribution in [3.8, 4) is 0 Å². The Bertz CT molecular complexity index is 407. The van der Waals surface area contributed by atoms with Gasteiger partial charge in [0.05, 0.1) is 0 Å². The van der Waals surface area contributed by atoms with E-state index in [0.717, 1.165) is 9.80 Å². The van der Waals surface area contributed by atoms with Gasteiger partial charge in [0.1, 0.15) is 5.60 Å². The van der Waals surface area contributed by atoms with Crippen LogP contribution in [0.4, 0.5) is 0 Å². The average Bonchev–Trinajstić information content (AvgIpc) is 2.41. The number of benzene rings is 1. The SMILES string of the molecule is CC1(C)OC(=O)C=C1Sc1ccccc1. The van der Waals surface area contributed by atoms with E-state index in [4.69, 9.17) is 4.74 Å². The van der Waals surface area contributed by atoms with Crippen molar-refractivity contribution in [1.82, 2.24) is 0 Å². The lowest BCUT2D eigenvalue weighted by atomic mass is 10.1. The van der Waals surface area contributed by atoms with Crippen LogP contribution >= 0.6 is 11.8 Å². The molecule has 0 N–H and O–H groups in total. The molecule has 0 bridgehead atoms. The molecule has 0 aliphatic carbocycles. The quantitative estimate of drug-likeness (QED) is 0.717. The molecule has 1 aromatic rings. The minimum atomic E-state index is -0.489. The molecular formula is C12H12O2S. The van der Waals surface area contributed by atoms with Crippen LogP contribution in [0.5, 0.6) is 0 Å². The maximum atomic E-state index is 11.1.